The summed E-state index contributed by atoms with van der Waals surface area (Å²) in [6, 6.07) is 0. The van der Waals surface area contributed by atoms with Crippen LogP contribution in [-0.4, -0.2) is 32.3 Å². The van der Waals surface area contributed by atoms with Crippen molar-refractivity contribution in [1.29, 1.82) is 0 Å². The number of nitrogens with two attached hydrogens (primary N) is 1. The zero-order chi connectivity index (χ0) is 12.7. The maximum Gasteiger partial charge on any atom is 0.265 e. The van der Waals surface area contributed by atoms with Gasteiger partial charge in [-0.3, -0.25) is 10.2 Å². The average Bonchev–Trinajstić information content (AvgIpc) is 2.35. The third-order valence-electron chi connectivity index (χ3n) is 3.18. The maximum absolute atomic E-state index is 11.4. The number of carbonyl (C=O) groups excluding carboxylic acids is 1. The van der Waals surface area contributed by atoms with Gasteiger partial charge < -0.3 is 9.47 Å². The Morgan fingerprint density at radius 3 is 2.82 bits per heavy atom. The van der Waals surface area contributed by atoms with Gasteiger partial charge in [-0.1, -0.05) is 19.1 Å². The molecule has 3 atom stereocenters. The Hall–Kier alpha value is -0.910. The van der Waals surface area contributed by atoms with Gasteiger partial charge in [0.25, 0.3) is 5.91 Å². The molecule has 5 heteroatoms. The molecule has 98 valence electrons. The molecule has 1 amide bonds. The highest BCUT2D eigenvalue weighted by molar-refractivity contribution is 5.80. The van der Waals surface area contributed by atoms with Crippen LogP contribution in [0.4, 0.5) is 0 Å². The van der Waals surface area contributed by atoms with Gasteiger partial charge in [0.15, 0.2) is 6.10 Å². The molecule has 0 aliphatic heterocycles. The average molecular weight is 242 g/mol. The van der Waals surface area contributed by atoms with E-state index in [0.29, 0.717) is 18.4 Å². The van der Waals surface area contributed by atoms with Gasteiger partial charge in [0.2, 0.25) is 0 Å². The van der Waals surface area contributed by atoms with Gasteiger partial charge in [-0.25, -0.2) is 5.84 Å². The minimum atomic E-state index is -0.622. The molecule has 0 saturated heterocycles. The van der Waals surface area contributed by atoms with E-state index < -0.39 is 6.10 Å². The first-order valence-corrected chi connectivity index (χ1v) is 5.95. The van der Waals surface area contributed by atoms with E-state index in [1.807, 2.05) is 0 Å². The molecule has 0 saturated carbocycles. The molecule has 0 fully saturated rings. The Kier molecular flexibility index (Phi) is 6.18. The highest BCUT2D eigenvalue weighted by Crippen LogP contribution is 2.25. The Labute approximate surface area is 102 Å². The quantitative estimate of drug-likeness (QED) is 0.310. The Balaban J connectivity index is 2.40. The molecular formula is C12H22N2O3. The lowest BCUT2D eigenvalue weighted by Gasteiger charge is -2.26. The largest absolute Gasteiger partial charge is 0.381 e. The monoisotopic (exact) mass is 242 g/mol. The predicted octanol–water partition coefficient (Wildman–Crippen LogP) is 0.610. The summed E-state index contributed by atoms with van der Waals surface area (Å²) in [5.41, 5.74) is 2.09. The second kappa shape index (κ2) is 7.42. The summed E-state index contributed by atoms with van der Waals surface area (Å²) in [4.78, 5) is 11.4. The Morgan fingerprint density at radius 1 is 1.53 bits per heavy atom. The summed E-state index contributed by atoms with van der Waals surface area (Å²) >= 11 is 0. The number of hydrogen-bond donors (Lipinski definition) is 2. The van der Waals surface area contributed by atoms with Crippen LogP contribution in [0.25, 0.3) is 0 Å². The third-order valence-corrected chi connectivity index (χ3v) is 3.18. The first-order chi connectivity index (χ1) is 8.19. The molecule has 17 heavy (non-hydrogen) atoms. The van der Waals surface area contributed by atoms with Gasteiger partial charge in [0.05, 0.1) is 13.2 Å². The molecule has 0 aromatic rings. The van der Waals surface area contributed by atoms with E-state index in [4.69, 9.17) is 15.3 Å². The molecule has 0 aromatic heterocycles. The summed E-state index contributed by atoms with van der Waals surface area (Å²) in [6.45, 7) is 2.98. The highest BCUT2D eigenvalue weighted by atomic mass is 16.5. The van der Waals surface area contributed by atoms with E-state index in [1.165, 1.54) is 7.11 Å². The second-order valence-electron chi connectivity index (χ2n) is 4.47. The van der Waals surface area contributed by atoms with Crippen LogP contribution in [0.15, 0.2) is 12.2 Å². The molecule has 0 spiro atoms. The fraction of sp³-hybridized carbons (Fsp3) is 0.750. The summed E-state index contributed by atoms with van der Waals surface area (Å²) in [5.74, 6) is 5.80. The number of methoxy groups -OCH3 is 1. The molecule has 1 aliphatic rings. The van der Waals surface area contributed by atoms with E-state index in [1.54, 1.807) is 0 Å². The van der Waals surface area contributed by atoms with Crippen molar-refractivity contribution >= 4 is 5.91 Å². The smallest absolute Gasteiger partial charge is 0.265 e. The highest BCUT2D eigenvalue weighted by Gasteiger charge is 2.23. The van der Waals surface area contributed by atoms with Gasteiger partial charge in [0, 0.05) is 7.11 Å². The summed E-state index contributed by atoms with van der Waals surface area (Å²) in [6.07, 6.45) is 5.82. The summed E-state index contributed by atoms with van der Waals surface area (Å²) in [7, 11) is 1.53. The van der Waals surface area contributed by atoms with Gasteiger partial charge in [-0.2, -0.15) is 0 Å². The van der Waals surface area contributed by atoms with E-state index in [0.717, 1.165) is 12.8 Å². The number of nitrogens with one attached hydrogen (secondary N) is 1. The number of amides is 1. The van der Waals surface area contributed by atoms with Crippen LogP contribution in [0.2, 0.25) is 0 Å². The van der Waals surface area contributed by atoms with E-state index >= 15 is 0 Å². The molecule has 0 aromatic carbocycles. The molecule has 1 aliphatic carbocycles. The van der Waals surface area contributed by atoms with E-state index in [9.17, 15) is 4.79 Å². The van der Waals surface area contributed by atoms with Crippen molar-refractivity contribution in [2.75, 3.05) is 20.3 Å². The number of rotatable bonds is 6. The summed E-state index contributed by atoms with van der Waals surface area (Å²) < 4.78 is 10.5. The number of carbonyl (C=O) groups is 1. The van der Waals surface area contributed by atoms with Crippen molar-refractivity contribution in [3.8, 4) is 0 Å². The van der Waals surface area contributed by atoms with Gasteiger partial charge in [-0.05, 0) is 24.7 Å². The zero-order valence-corrected chi connectivity index (χ0v) is 10.5. The number of ether oxygens (including phenoxy) is 2. The fourth-order valence-electron chi connectivity index (χ4n) is 1.92. The SMILES string of the molecule is COCC(OCC1CC=CCC1C)C(=O)NN. The molecule has 0 heterocycles. The normalized spacial score (nSPS) is 25.6. The summed E-state index contributed by atoms with van der Waals surface area (Å²) in [5, 5.41) is 0. The van der Waals surface area contributed by atoms with Crippen LogP contribution in [0.3, 0.4) is 0 Å². The maximum atomic E-state index is 11.4. The molecular weight excluding hydrogens is 220 g/mol. The fourth-order valence-corrected chi connectivity index (χ4v) is 1.92. The predicted molar refractivity (Wildman–Crippen MR) is 65.0 cm³/mol. The molecule has 5 nitrogen and oxygen atoms in total. The van der Waals surface area contributed by atoms with Crippen molar-refractivity contribution in [3.05, 3.63) is 12.2 Å². The minimum absolute atomic E-state index is 0.222. The molecule has 0 bridgehead atoms. The molecule has 1 rings (SSSR count). The van der Waals surface area contributed by atoms with Crippen LogP contribution >= 0.6 is 0 Å². The molecule has 3 N–H and O–H groups in total. The first-order valence-electron chi connectivity index (χ1n) is 5.95. The number of hydrazine groups is 1. The lowest BCUT2D eigenvalue weighted by Crippen LogP contribution is -2.43. The van der Waals surface area contributed by atoms with Gasteiger partial charge in [0.1, 0.15) is 0 Å². The van der Waals surface area contributed by atoms with Crippen molar-refractivity contribution in [1.82, 2.24) is 5.43 Å². The second-order valence-corrected chi connectivity index (χ2v) is 4.47. The van der Waals surface area contributed by atoms with Gasteiger partial charge >= 0.3 is 0 Å². The van der Waals surface area contributed by atoms with E-state index in [-0.39, 0.29) is 12.5 Å². The topological polar surface area (TPSA) is 73.6 Å². The number of allylic oxidation sites excluding steroid dienone is 2. The van der Waals surface area contributed by atoms with Crippen molar-refractivity contribution in [2.45, 2.75) is 25.9 Å². The van der Waals surface area contributed by atoms with Gasteiger partial charge in [-0.15, -0.1) is 0 Å². The first kappa shape index (κ1) is 14.2. The van der Waals surface area contributed by atoms with Crippen molar-refractivity contribution < 1.29 is 14.3 Å². The third kappa shape index (κ3) is 4.46. The molecule has 0 radical (unpaired) electrons. The lowest BCUT2D eigenvalue weighted by molar-refractivity contribution is -0.137. The van der Waals surface area contributed by atoms with Crippen LogP contribution in [-0.2, 0) is 14.3 Å². The number of hydrogen-bond acceptors (Lipinski definition) is 4. The van der Waals surface area contributed by atoms with Crippen LogP contribution in [0, 0.1) is 11.8 Å². The van der Waals surface area contributed by atoms with E-state index in [2.05, 4.69) is 24.5 Å². The molecule has 3 unspecified atom stereocenters. The Bertz CT molecular complexity index is 268. The van der Waals surface area contributed by atoms with Crippen molar-refractivity contribution in [2.24, 2.45) is 17.7 Å². The van der Waals surface area contributed by atoms with Crippen LogP contribution in [0.5, 0.6) is 0 Å². The lowest BCUT2D eigenvalue weighted by atomic mass is 9.85. The van der Waals surface area contributed by atoms with Crippen molar-refractivity contribution in [3.63, 3.8) is 0 Å². The zero-order valence-electron chi connectivity index (χ0n) is 10.5. The van der Waals surface area contributed by atoms with Crippen LogP contribution in [0.1, 0.15) is 19.8 Å². The minimum Gasteiger partial charge on any atom is -0.381 e. The van der Waals surface area contributed by atoms with Crippen LogP contribution < -0.4 is 11.3 Å². The Morgan fingerprint density at radius 2 is 2.24 bits per heavy atom. The standard InChI is InChI=1S/C12H22N2O3/c1-9-5-3-4-6-10(9)7-17-11(8-16-2)12(15)14-13/h3-4,9-11H,5-8,13H2,1-2H3,(H,14,15).